The molecule has 0 aliphatic rings. The first-order valence-electron chi connectivity index (χ1n) is 28.9. The van der Waals surface area contributed by atoms with E-state index < -0.39 is 23.9 Å². The highest BCUT2D eigenvalue weighted by molar-refractivity contribution is 8.31. The summed E-state index contributed by atoms with van der Waals surface area (Å²) in [5.74, 6) is 0. The van der Waals surface area contributed by atoms with Crippen molar-refractivity contribution in [2.75, 3.05) is 19.6 Å². The minimum atomic E-state index is -4.00. The van der Waals surface area contributed by atoms with E-state index in [1.165, 1.54) is 308 Å². The number of rotatable bonds is 49. The second kappa shape index (κ2) is 68.8. The molecule has 0 heterocycles. The van der Waals surface area contributed by atoms with Gasteiger partial charge < -0.3 is 41.9 Å². The molecule has 0 amide bonds. The van der Waals surface area contributed by atoms with Crippen molar-refractivity contribution in [3.05, 3.63) is 0 Å². The van der Waals surface area contributed by atoms with Crippen molar-refractivity contribution in [3.8, 4) is 0 Å². The van der Waals surface area contributed by atoms with E-state index >= 15 is 0 Å². The van der Waals surface area contributed by atoms with E-state index in [0.29, 0.717) is 0 Å². The van der Waals surface area contributed by atoms with E-state index in [4.69, 9.17) is 41.9 Å². The summed E-state index contributed by atoms with van der Waals surface area (Å²) in [6, 6.07) is 0. The molecule has 65 heavy (non-hydrogen) atoms. The van der Waals surface area contributed by atoms with Crippen LogP contribution in [0.15, 0.2) is 0 Å². The maximum absolute atomic E-state index is 8.08. The predicted molar refractivity (Wildman–Crippen MR) is 298 cm³/mol. The normalized spacial score (nSPS) is 11.1. The number of hydrogen-bond donors (Lipinski definition) is 9. The third-order valence-corrected chi connectivity index (χ3v) is 14.5. The van der Waals surface area contributed by atoms with Crippen molar-refractivity contribution < 1.29 is 24.7 Å². The highest BCUT2D eigenvalue weighted by atomic mass is 32.5. The highest BCUT2D eigenvalue weighted by Gasteiger charge is 2.09. The fourth-order valence-corrected chi connectivity index (χ4v) is 9.32. The zero-order chi connectivity index (χ0) is 48.8. The lowest BCUT2D eigenvalue weighted by molar-refractivity contribution is 0.363. The van der Waals surface area contributed by atoms with Gasteiger partial charge in [-0.3, -0.25) is 0 Å². The lowest BCUT2D eigenvalue weighted by Gasteiger charge is -2.03. The Morgan fingerprint density at radius 1 is 0.262 bits per heavy atom. The van der Waals surface area contributed by atoms with Gasteiger partial charge in [-0.15, -0.1) is 10.8 Å². The summed E-state index contributed by atoms with van der Waals surface area (Å²) in [6.07, 6.45) is 66.7. The summed E-state index contributed by atoms with van der Waals surface area (Å²) in [5.41, 5.74) is 16.4. The van der Waals surface area contributed by atoms with Gasteiger partial charge in [0.05, 0.1) is 0 Å². The maximum Gasteiger partial charge on any atom is 0.523 e. The SMILES string of the molecule is CCCCCCCCCCCCCCCCCCN.CCCCCCCCCCCCCCCCCCN.CCCCCCCCCCCCCCCCCCN.OB(O)[SH]=P(O)(O)O. The van der Waals surface area contributed by atoms with E-state index in [2.05, 4.69) is 20.8 Å². The molecule has 0 aliphatic carbocycles. The van der Waals surface area contributed by atoms with E-state index in [9.17, 15) is 0 Å². The molecule has 0 rings (SSSR count). The van der Waals surface area contributed by atoms with Crippen LogP contribution in [-0.2, 0) is 10.8 Å². The van der Waals surface area contributed by atoms with Crippen molar-refractivity contribution >= 4 is 23.9 Å². The van der Waals surface area contributed by atoms with Gasteiger partial charge in [0.1, 0.15) is 0 Å². The monoisotopic (exact) mass is 968 g/mol. The second-order valence-electron chi connectivity index (χ2n) is 19.3. The minimum Gasteiger partial charge on any atom is -0.418 e. The summed E-state index contributed by atoms with van der Waals surface area (Å²) in [5, 5.41) is 16.0. The molecule has 0 aromatic heterocycles. The zero-order valence-electron chi connectivity index (χ0n) is 44.5. The highest BCUT2D eigenvalue weighted by Crippen LogP contribution is 2.30. The van der Waals surface area contributed by atoms with Crippen LogP contribution < -0.4 is 17.2 Å². The van der Waals surface area contributed by atoms with Crippen LogP contribution in [0.3, 0.4) is 0 Å². The van der Waals surface area contributed by atoms with Gasteiger partial charge in [-0.25, -0.2) is 0 Å². The molecule has 11 N–H and O–H groups in total. The first kappa shape index (κ1) is 72.1. The van der Waals surface area contributed by atoms with Gasteiger partial charge in [0.25, 0.3) is 6.72 Å². The molecule has 0 radical (unpaired) electrons. The Balaban J connectivity index is -0.000000395. The lowest BCUT2D eigenvalue weighted by Crippen LogP contribution is -2.08. The Morgan fingerprint density at radius 3 is 0.462 bits per heavy atom. The first-order chi connectivity index (χ1) is 31.7. The van der Waals surface area contributed by atoms with Gasteiger partial charge in [0, 0.05) is 0 Å². The molecule has 0 saturated carbocycles. The molecule has 0 aliphatic heterocycles. The Hall–Kier alpha value is 0.525. The van der Waals surface area contributed by atoms with Crippen molar-refractivity contribution in [1.82, 2.24) is 0 Å². The Kier molecular flexibility index (Phi) is 76.3. The van der Waals surface area contributed by atoms with Gasteiger partial charge in [-0.1, -0.05) is 310 Å². The van der Waals surface area contributed by atoms with Crippen molar-refractivity contribution in [3.63, 3.8) is 0 Å². The fourth-order valence-electron chi connectivity index (χ4n) is 8.22. The number of unbranched alkanes of at least 4 members (excludes halogenated alkanes) is 45. The van der Waals surface area contributed by atoms with Gasteiger partial charge in [-0.2, -0.15) is 0 Å². The van der Waals surface area contributed by atoms with Crippen molar-refractivity contribution in [1.29, 1.82) is 0 Å². The molecular weight excluding hydrogens is 844 g/mol. The number of thiol groups is 1. The third kappa shape index (κ3) is 88.0. The molecular formula is C54H123BN3O5PS. The molecule has 398 valence electrons. The average molecular weight is 968 g/mol. The molecule has 0 fully saturated rings. The van der Waals surface area contributed by atoms with Gasteiger partial charge >= 0.3 is 6.40 Å². The smallest absolute Gasteiger partial charge is 0.418 e. The molecule has 11 heteroatoms. The van der Waals surface area contributed by atoms with E-state index in [1.54, 1.807) is 0 Å². The molecule has 0 atom stereocenters. The van der Waals surface area contributed by atoms with Gasteiger partial charge in [0.15, 0.2) is 0 Å². The summed E-state index contributed by atoms with van der Waals surface area (Å²) in [7, 11) is -0.556. The molecule has 0 spiro atoms. The third-order valence-electron chi connectivity index (χ3n) is 12.4. The van der Waals surface area contributed by atoms with Crippen molar-refractivity contribution in [2.45, 2.75) is 329 Å². The maximum atomic E-state index is 8.08. The minimum absolute atomic E-state index is 0.556. The topological polar surface area (TPSA) is 179 Å². The molecule has 0 saturated heterocycles. The predicted octanol–water partition coefficient (Wildman–Crippen LogP) is 16.0. The Morgan fingerprint density at radius 2 is 0.385 bits per heavy atom. The van der Waals surface area contributed by atoms with Crippen LogP contribution in [0.5, 0.6) is 0 Å². The molecule has 8 nitrogen and oxygen atoms in total. The molecule has 0 aromatic rings. The van der Waals surface area contributed by atoms with Crippen LogP contribution in [0.4, 0.5) is 0 Å². The molecule has 0 unspecified atom stereocenters. The summed E-state index contributed by atoms with van der Waals surface area (Å²) in [4.78, 5) is 24.2. The van der Waals surface area contributed by atoms with Crippen LogP contribution in [0.25, 0.3) is 0 Å². The largest absolute Gasteiger partial charge is 0.523 e. The van der Waals surface area contributed by atoms with Crippen LogP contribution >= 0.6 is 6.72 Å². The Labute approximate surface area is 412 Å². The quantitative estimate of drug-likeness (QED) is 0.0125. The summed E-state index contributed by atoms with van der Waals surface area (Å²) in [6.45, 7) is 5.49. The van der Waals surface area contributed by atoms with Gasteiger partial charge in [0.2, 0.25) is 0 Å². The molecule has 0 bridgehead atoms. The lowest BCUT2D eigenvalue weighted by atomic mass is 10.0. The number of nitrogens with two attached hydrogens (primary N) is 3. The van der Waals surface area contributed by atoms with E-state index in [1.807, 2.05) is 0 Å². The first-order valence-corrected chi connectivity index (χ1v) is 32.2. The van der Waals surface area contributed by atoms with E-state index in [-0.39, 0.29) is 0 Å². The standard InChI is InChI=1S/3C18H39N.BH6O5PS/c3*1-2-3-4-5-6-7-8-9-10-11-12-13-14-15-16-17-18-19;2-1(3)8-7(4,5)6/h3*2-19H2,1H3;2-6,8H. The van der Waals surface area contributed by atoms with Crippen LogP contribution in [-0.4, -0.2) is 50.8 Å². The Bertz CT molecular complexity index is 709. The zero-order valence-corrected chi connectivity index (χ0v) is 46.3. The van der Waals surface area contributed by atoms with Crippen molar-refractivity contribution in [2.24, 2.45) is 17.2 Å². The second-order valence-corrected chi connectivity index (χ2v) is 23.3. The average Bonchev–Trinajstić information content (AvgIpc) is 3.27. The summed E-state index contributed by atoms with van der Waals surface area (Å²) < 4.78 is 0. The summed E-state index contributed by atoms with van der Waals surface area (Å²) >= 11 is 0. The van der Waals surface area contributed by atoms with Crippen LogP contribution in [0.1, 0.15) is 329 Å². The van der Waals surface area contributed by atoms with Crippen LogP contribution in [0.2, 0.25) is 0 Å². The van der Waals surface area contributed by atoms with E-state index in [0.717, 1.165) is 19.6 Å². The van der Waals surface area contributed by atoms with Crippen LogP contribution in [0, 0.1) is 0 Å². The number of hydrogen-bond acceptors (Lipinski definition) is 5. The molecule has 0 aromatic carbocycles. The van der Waals surface area contributed by atoms with Gasteiger partial charge in [-0.05, 0) is 38.9 Å². The fraction of sp³-hybridized carbons (Fsp3) is 1.00.